The van der Waals surface area contributed by atoms with Gasteiger partial charge in [0.05, 0.1) is 12.2 Å². The highest BCUT2D eigenvalue weighted by Gasteiger charge is 2.23. The molecule has 6 nitrogen and oxygen atoms in total. The average Bonchev–Trinajstić information content (AvgIpc) is 2.87. The van der Waals surface area contributed by atoms with Gasteiger partial charge in [-0.05, 0) is 19.1 Å². The second kappa shape index (κ2) is 5.95. The molecule has 0 aliphatic rings. The van der Waals surface area contributed by atoms with E-state index in [0.717, 1.165) is 0 Å². The third kappa shape index (κ3) is 3.59. The maximum Gasteiger partial charge on any atom is 0.322 e. The van der Waals surface area contributed by atoms with Gasteiger partial charge in [-0.2, -0.15) is 0 Å². The number of benzene rings is 1. The van der Waals surface area contributed by atoms with E-state index in [4.69, 9.17) is 9.15 Å². The quantitative estimate of drug-likeness (QED) is 0.935. The van der Waals surface area contributed by atoms with Crippen molar-refractivity contribution >= 4 is 11.9 Å². The number of amides is 1. The molecule has 2 aromatic rings. The van der Waals surface area contributed by atoms with Crippen LogP contribution in [0.2, 0.25) is 0 Å². The molecule has 1 aromatic heterocycles. The minimum Gasteiger partial charge on any atom is -0.493 e. The van der Waals surface area contributed by atoms with Crippen LogP contribution in [-0.4, -0.2) is 22.7 Å². The fraction of sp³-hybridized carbons (Fsp3) is 0.400. The van der Waals surface area contributed by atoms with Gasteiger partial charge in [-0.15, -0.1) is 5.10 Å². The molecule has 0 unspecified atom stereocenters. The van der Waals surface area contributed by atoms with E-state index < -0.39 is 5.41 Å². The van der Waals surface area contributed by atoms with Gasteiger partial charge in [0.2, 0.25) is 5.91 Å². The number of anilines is 1. The molecule has 2 rings (SSSR count). The largest absolute Gasteiger partial charge is 0.493 e. The van der Waals surface area contributed by atoms with E-state index in [1.54, 1.807) is 0 Å². The summed E-state index contributed by atoms with van der Waals surface area (Å²) in [6.07, 6.45) is 0. The van der Waals surface area contributed by atoms with E-state index in [-0.39, 0.29) is 11.9 Å². The number of rotatable bonds is 4. The van der Waals surface area contributed by atoms with E-state index in [2.05, 4.69) is 15.5 Å². The summed E-state index contributed by atoms with van der Waals surface area (Å²) in [5.74, 6) is 0.788. The number of hydrogen-bond donors (Lipinski definition) is 1. The Kier molecular flexibility index (Phi) is 4.26. The standard InChI is InChI=1S/C15H19N3O3/c1-5-20-11-9-7-6-8-10(11)12-17-18-14(21-12)16-13(19)15(2,3)4/h6-9H,5H2,1-4H3,(H,16,18,19). The normalized spacial score (nSPS) is 11.2. The molecule has 0 atom stereocenters. The van der Waals surface area contributed by atoms with Crippen molar-refractivity contribution in [1.29, 1.82) is 0 Å². The summed E-state index contributed by atoms with van der Waals surface area (Å²) in [6.45, 7) is 7.87. The van der Waals surface area contributed by atoms with Crippen LogP contribution < -0.4 is 10.1 Å². The highest BCUT2D eigenvalue weighted by molar-refractivity contribution is 5.92. The number of nitrogens with zero attached hydrogens (tertiary/aromatic N) is 2. The van der Waals surface area contributed by atoms with Gasteiger partial charge < -0.3 is 9.15 Å². The Bertz CT molecular complexity index is 629. The third-order valence-electron chi connectivity index (χ3n) is 2.74. The zero-order valence-corrected chi connectivity index (χ0v) is 12.6. The number of ether oxygens (including phenoxy) is 1. The smallest absolute Gasteiger partial charge is 0.322 e. The van der Waals surface area contributed by atoms with Crippen molar-refractivity contribution in [2.45, 2.75) is 27.7 Å². The summed E-state index contributed by atoms with van der Waals surface area (Å²) in [5.41, 5.74) is 0.167. The Morgan fingerprint density at radius 3 is 2.67 bits per heavy atom. The molecule has 21 heavy (non-hydrogen) atoms. The van der Waals surface area contributed by atoms with Gasteiger partial charge in [0.25, 0.3) is 5.89 Å². The maximum atomic E-state index is 11.9. The Hall–Kier alpha value is -2.37. The molecule has 0 saturated heterocycles. The Balaban J connectivity index is 2.23. The van der Waals surface area contributed by atoms with Crippen LogP contribution in [0.5, 0.6) is 5.75 Å². The molecule has 0 saturated carbocycles. The fourth-order valence-electron chi connectivity index (χ4n) is 1.59. The van der Waals surface area contributed by atoms with Crippen LogP contribution in [0, 0.1) is 5.41 Å². The van der Waals surface area contributed by atoms with E-state index in [1.807, 2.05) is 52.0 Å². The van der Waals surface area contributed by atoms with Crippen molar-refractivity contribution in [2.24, 2.45) is 5.41 Å². The van der Waals surface area contributed by atoms with Crippen molar-refractivity contribution in [3.63, 3.8) is 0 Å². The lowest BCUT2D eigenvalue weighted by Crippen LogP contribution is -2.27. The van der Waals surface area contributed by atoms with Crippen LogP contribution in [0.15, 0.2) is 28.7 Å². The fourth-order valence-corrected chi connectivity index (χ4v) is 1.59. The summed E-state index contributed by atoms with van der Waals surface area (Å²) in [5, 5.41) is 10.4. The topological polar surface area (TPSA) is 77.3 Å². The first kappa shape index (κ1) is 15.0. The molecular weight excluding hydrogens is 270 g/mol. The molecule has 0 radical (unpaired) electrons. The van der Waals surface area contributed by atoms with Crippen molar-refractivity contribution in [3.8, 4) is 17.2 Å². The molecule has 0 bridgehead atoms. The number of nitrogens with one attached hydrogen (secondary N) is 1. The minimum atomic E-state index is -0.530. The monoisotopic (exact) mass is 289 g/mol. The molecule has 0 aliphatic carbocycles. The highest BCUT2D eigenvalue weighted by atomic mass is 16.5. The average molecular weight is 289 g/mol. The van der Waals surface area contributed by atoms with Crippen molar-refractivity contribution < 1.29 is 13.9 Å². The van der Waals surface area contributed by atoms with Gasteiger partial charge in [0.15, 0.2) is 0 Å². The van der Waals surface area contributed by atoms with Gasteiger partial charge in [-0.25, -0.2) is 0 Å². The zero-order valence-electron chi connectivity index (χ0n) is 12.6. The summed E-state index contributed by atoms with van der Waals surface area (Å²) in [7, 11) is 0. The molecule has 0 spiro atoms. The molecule has 1 amide bonds. The van der Waals surface area contributed by atoms with E-state index in [1.165, 1.54) is 0 Å². The molecule has 1 N–H and O–H groups in total. The van der Waals surface area contributed by atoms with Gasteiger partial charge in [0.1, 0.15) is 5.75 Å². The number of hydrogen-bond acceptors (Lipinski definition) is 5. The number of aromatic nitrogens is 2. The molecular formula is C15H19N3O3. The van der Waals surface area contributed by atoms with Crippen molar-refractivity contribution in [3.05, 3.63) is 24.3 Å². The second-order valence-electron chi connectivity index (χ2n) is 5.55. The molecule has 0 aliphatic heterocycles. The van der Waals surface area contributed by atoms with Gasteiger partial charge in [-0.3, -0.25) is 10.1 Å². The van der Waals surface area contributed by atoms with E-state index >= 15 is 0 Å². The maximum absolute atomic E-state index is 11.9. The minimum absolute atomic E-state index is 0.0798. The first-order valence-corrected chi connectivity index (χ1v) is 6.79. The Labute approximate surface area is 123 Å². The summed E-state index contributed by atoms with van der Waals surface area (Å²) >= 11 is 0. The predicted octanol–water partition coefficient (Wildman–Crippen LogP) is 3.12. The van der Waals surface area contributed by atoms with Crippen LogP contribution in [0.3, 0.4) is 0 Å². The molecule has 0 fully saturated rings. The number of carbonyl (C=O) groups is 1. The van der Waals surface area contributed by atoms with E-state index in [9.17, 15) is 4.79 Å². The molecule has 6 heteroatoms. The summed E-state index contributed by atoms with van der Waals surface area (Å²) < 4.78 is 11.0. The predicted molar refractivity (Wildman–Crippen MR) is 79.0 cm³/mol. The SMILES string of the molecule is CCOc1ccccc1-c1nnc(NC(=O)C(C)(C)C)o1. The lowest BCUT2D eigenvalue weighted by Gasteiger charge is -2.15. The van der Waals surface area contributed by atoms with Crippen LogP contribution >= 0.6 is 0 Å². The van der Waals surface area contributed by atoms with E-state index in [0.29, 0.717) is 23.8 Å². The molecule has 1 aromatic carbocycles. The van der Waals surface area contributed by atoms with Gasteiger partial charge >= 0.3 is 6.01 Å². The lowest BCUT2D eigenvalue weighted by molar-refractivity contribution is -0.123. The van der Waals surface area contributed by atoms with Gasteiger partial charge in [-0.1, -0.05) is 38.0 Å². The Morgan fingerprint density at radius 1 is 1.29 bits per heavy atom. The second-order valence-corrected chi connectivity index (χ2v) is 5.55. The van der Waals surface area contributed by atoms with Crippen LogP contribution in [0.25, 0.3) is 11.5 Å². The van der Waals surface area contributed by atoms with Crippen LogP contribution in [-0.2, 0) is 4.79 Å². The first-order chi connectivity index (χ1) is 9.91. The molecule has 112 valence electrons. The first-order valence-electron chi connectivity index (χ1n) is 6.79. The molecule has 1 heterocycles. The summed E-state index contributed by atoms with van der Waals surface area (Å²) in [6, 6.07) is 7.46. The van der Waals surface area contributed by atoms with Crippen LogP contribution in [0.1, 0.15) is 27.7 Å². The number of para-hydroxylation sites is 1. The Morgan fingerprint density at radius 2 is 2.00 bits per heavy atom. The van der Waals surface area contributed by atoms with Gasteiger partial charge in [0, 0.05) is 5.41 Å². The van der Waals surface area contributed by atoms with Crippen molar-refractivity contribution in [1.82, 2.24) is 10.2 Å². The van der Waals surface area contributed by atoms with Crippen molar-refractivity contribution in [2.75, 3.05) is 11.9 Å². The summed E-state index contributed by atoms with van der Waals surface area (Å²) in [4.78, 5) is 11.9. The zero-order chi connectivity index (χ0) is 15.5. The van der Waals surface area contributed by atoms with Crippen LogP contribution in [0.4, 0.5) is 6.01 Å². The lowest BCUT2D eigenvalue weighted by atomic mass is 9.96. The number of carbonyl (C=O) groups excluding carboxylic acids is 1. The highest BCUT2D eigenvalue weighted by Crippen LogP contribution is 2.29. The third-order valence-corrected chi connectivity index (χ3v) is 2.74.